The first-order valence-corrected chi connectivity index (χ1v) is 6.39. The highest BCUT2D eigenvalue weighted by atomic mass is 79.9. The van der Waals surface area contributed by atoms with Crippen molar-refractivity contribution in [1.29, 1.82) is 0 Å². The monoisotopic (exact) mass is 299 g/mol. The Morgan fingerprint density at radius 3 is 2.12 bits per heavy atom. The lowest BCUT2D eigenvalue weighted by Gasteiger charge is -2.34. The number of halogens is 1. The van der Waals surface area contributed by atoms with E-state index in [1.165, 1.54) is 31.4 Å². The summed E-state index contributed by atoms with van der Waals surface area (Å²) in [6, 6.07) is 11.5. The number of hydrogen-bond acceptors (Lipinski definition) is 0. The second-order valence-corrected chi connectivity index (χ2v) is 5.54. The molecule has 0 radical (unpaired) electrons. The van der Waals surface area contributed by atoms with Gasteiger partial charge in [-0.3, -0.25) is 0 Å². The third-order valence-electron chi connectivity index (χ3n) is 3.69. The molecular weight excluding hydrogens is 274 g/mol. The van der Waals surface area contributed by atoms with Gasteiger partial charge in [0.2, 0.25) is 0 Å². The van der Waals surface area contributed by atoms with E-state index in [2.05, 4.69) is 58.3 Å². The first kappa shape index (κ1) is 16.7. The van der Waals surface area contributed by atoms with Crippen molar-refractivity contribution >= 4 is 0 Å². The fourth-order valence-electron chi connectivity index (χ4n) is 1.75. The summed E-state index contributed by atoms with van der Waals surface area (Å²) in [5.41, 5.74) is 1.47. The van der Waals surface area contributed by atoms with Crippen molar-refractivity contribution in [3.8, 4) is 0 Å². The fraction of sp³-hybridized carbons (Fsp3) is 0.600. The van der Waals surface area contributed by atoms with Crippen LogP contribution in [-0.2, 0) is 6.42 Å². The number of aryl methyl sites for hydroxylation is 1. The van der Waals surface area contributed by atoms with Gasteiger partial charge in [0.25, 0.3) is 0 Å². The molecule has 98 valence electrons. The molecular formula is C15H26BrN. The molecule has 0 saturated carbocycles. The lowest BCUT2D eigenvalue weighted by Crippen LogP contribution is -3.00. The molecule has 0 atom stereocenters. The van der Waals surface area contributed by atoms with Crippen LogP contribution in [0.25, 0.3) is 0 Å². The number of rotatable bonds is 6. The van der Waals surface area contributed by atoms with Gasteiger partial charge in [0.15, 0.2) is 0 Å². The van der Waals surface area contributed by atoms with E-state index in [4.69, 9.17) is 0 Å². The van der Waals surface area contributed by atoms with Crippen LogP contribution in [0.15, 0.2) is 30.3 Å². The largest absolute Gasteiger partial charge is 1.00 e. The van der Waals surface area contributed by atoms with Gasteiger partial charge in [0, 0.05) is 0 Å². The van der Waals surface area contributed by atoms with Gasteiger partial charge < -0.3 is 21.5 Å². The van der Waals surface area contributed by atoms with Crippen molar-refractivity contribution in [2.75, 3.05) is 20.6 Å². The summed E-state index contributed by atoms with van der Waals surface area (Å²) in [5, 5.41) is 0. The topological polar surface area (TPSA) is 0 Å². The molecule has 1 nitrogen and oxygen atoms in total. The molecule has 1 rings (SSSR count). The van der Waals surface area contributed by atoms with Crippen molar-refractivity contribution in [2.24, 2.45) is 0 Å². The SMILES string of the molecule is CC(C)[N+](C)(C)CCCCc1ccccc1.[Br-]. The summed E-state index contributed by atoms with van der Waals surface area (Å²) >= 11 is 0. The fourth-order valence-corrected chi connectivity index (χ4v) is 1.75. The maximum Gasteiger partial charge on any atom is 0.0829 e. The third-order valence-corrected chi connectivity index (χ3v) is 3.69. The molecule has 0 fully saturated rings. The van der Waals surface area contributed by atoms with Gasteiger partial charge in [-0.1, -0.05) is 30.3 Å². The smallest absolute Gasteiger partial charge is 0.0829 e. The van der Waals surface area contributed by atoms with Gasteiger partial charge in [-0.2, -0.15) is 0 Å². The lowest BCUT2D eigenvalue weighted by atomic mass is 10.1. The molecule has 0 aliphatic carbocycles. The third kappa shape index (κ3) is 6.23. The summed E-state index contributed by atoms with van der Waals surface area (Å²) in [6.07, 6.45) is 3.84. The lowest BCUT2D eigenvalue weighted by molar-refractivity contribution is -0.911. The standard InChI is InChI=1S/C15H26N.BrH/c1-14(2)16(3,4)13-9-8-12-15-10-6-5-7-11-15;/h5-7,10-11,14H,8-9,12-13H2,1-4H3;1H/q+1;/p-1. The Morgan fingerprint density at radius 1 is 1.00 bits per heavy atom. The molecule has 0 heterocycles. The summed E-state index contributed by atoms with van der Waals surface area (Å²) in [4.78, 5) is 0. The summed E-state index contributed by atoms with van der Waals surface area (Å²) in [6.45, 7) is 5.89. The van der Waals surface area contributed by atoms with E-state index in [1.807, 2.05) is 0 Å². The van der Waals surface area contributed by atoms with Crippen LogP contribution in [0.3, 0.4) is 0 Å². The minimum Gasteiger partial charge on any atom is -1.00 e. The van der Waals surface area contributed by atoms with Crippen LogP contribution < -0.4 is 17.0 Å². The molecule has 0 spiro atoms. The predicted molar refractivity (Wildman–Crippen MR) is 71.5 cm³/mol. The molecule has 17 heavy (non-hydrogen) atoms. The molecule has 0 unspecified atom stereocenters. The average Bonchev–Trinajstić information content (AvgIpc) is 2.26. The van der Waals surface area contributed by atoms with Crippen molar-refractivity contribution in [3.63, 3.8) is 0 Å². The minimum atomic E-state index is 0. The molecule has 0 saturated heterocycles. The summed E-state index contributed by atoms with van der Waals surface area (Å²) in [7, 11) is 4.65. The number of quaternary nitrogens is 1. The number of unbranched alkanes of at least 4 members (excludes halogenated alkanes) is 1. The van der Waals surface area contributed by atoms with E-state index in [9.17, 15) is 0 Å². The van der Waals surface area contributed by atoms with Gasteiger partial charge >= 0.3 is 0 Å². The normalized spacial score (nSPS) is 11.4. The van der Waals surface area contributed by atoms with E-state index in [1.54, 1.807) is 0 Å². The minimum absolute atomic E-state index is 0. The molecule has 0 N–H and O–H groups in total. The van der Waals surface area contributed by atoms with Gasteiger partial charge in [0.05, 0.1) is 26.7 Å². The Kier molecular flexibility index (Phi) is 7.73. The van der Waals surface area contributed by atoms with E-state index in [0.29, 0.717) is 0 Å². The predicted octanol–water partition coefficient (Wildman–Crippen LogP) is 0.498. The molecule has 1 aromatic carbocycles. The van der Waals surface area contributed by atoms with Crippen molar-refractivity contribution < 1.29 is 21.5 Å². The van der Waals surface area contributed by atoms with Gasteiger partial charge in [-0.15, -0.1) is 0 Å². The van der Waals surface area contributed by atoms with Crippen LogP contribution in [0.5, 0.6) is 0 Å². The van der Waals surface area contributed by atoms with Crippen LogP contribution in [0.2, 0.25) is 0 Å². The highest BCUT2D eigenvalue weighted by Gasteiger charge is 2.18. The zero-order valence-corrected chi connectivity index (χ0v) is 13.2. The molecule has 0 aliphatic rings. The maximum absolute atomic E-state index is 2.33. The van der Waals surface area contributed by atoms with Gasteiger partial charge in [0.1, 0.15) is 0 Å². The van der Waals surface area contributed by atoms with Crippen molar-refractivity contribution in [1.82, 2.24) is 0 Å². The molecule has 0 aliphatic heterocycles. The van der Waals surface area contributed by atoms with Crippen LogP contribution in [0.1, 0.15) is 32.3 Å². The zero-order chi connectivity index (χ0) is 12.0. The van der Waals surface area contributed by atoms with Crippen molar-refractivity contribution in [2.45, 2.75) is 39.2 Å². The highest BCUT2D eigenvalue weighted by Crippen LogP contribution is 2.10. The number of benzene rings is 1. The van der Waals surface area contributed by atoms with E-state index < -0.39 is 0 Å². The second-order valence-electron chi connectivity index (χ2n) is 5.54. The average molecular weight is 300 g/mol. The van der Waals surface area contributed by atoms with Crippen LogP contribution >= 0.6 is 0 Å². The van der Waals surface area contributed by atoms with Gasteiger partial charge in [-0.05, 0) is 38.7 Å². The molecule has 1 aromatic rings. The zero-order valence-electron chi connectivity index (χ0n) is 11.6. The molecule has 0 amide bonds. The Hall–Kier alpha value is -0.340. The highest BCUT2D eigenvalue weighted by molar-refractivity contribution is 5.14. The quantitative estimate of drug-likeness (QED) is 0.530. The van der Waals surface area contributed by atoms with Crippen molar-refractivity contribution in [3.05, 3.63) is 35.9 Å². The molecule has 0 aromatic heterocycles. The Balaban J connectivity index is 0.00000256. The molecule has 0 bridgehead atoms. The second kappa shape index (κ2) is 7.88. The van der Waals surface area contributed by atoms with E-state index in [-0.39, 0.29) is 17.0 Å². The number of hydrogen-bond donors (Lipinski definition) is 0. The summed E-state index contributed by atoms with van der Waals surface area (Å²) < 4.78 is 1.13. The van der Waals surface area contributed by atoms with Gasteiger partial charge in [-0.25, -0.2) is 0 Å². The summed E-state index contributed by atoms with van der Waals surface area (Å²) in [5.74, 6) is 0. The first-order chi connectivity index (χ1) is 7.52. The maximum atomic E-state index is 2.33. The molecule has 2 heteroatoms. The Bertz CT molecular complexity index is 293. The van der Waals surface area contributed by atoms with E-state index in [0.717, 1.165) is 10.5 Å². The Labute approximate surface area is 117 Å². The number of nitrogens with zero attached hydrogens (tertiary/aromatic N) is 1. The van der Waals surface area contributed by atoms with E-state index >= 15 is 0 Å². The Morgan fingerprint density at radius 2 is 1.59 bits per heavy atom. The van der Waals surface area contributed by atoms with Crippen LogP contribution in [0.4, 0.5) is 0 Å². The van der Waals surface area contributed by atoms with Crippen LogP contribution in [-0.4, -0.2) is 31.2 Å². The first-order valence-electron chi connectivity index (χ1n) is 6.39. The van der Waals surface area contributed by atoms with Crippen LogP contribution in [0, 0.1) is 0 Å².